The summed E-state index contributed by atoms with van der Waals surface area (Å²) in [5.74, 6) is -0.645. The lowest BCUT2D eigenvalue weighted by molar-refractivity contribution is 0.604. The van der Waals surface area contributed by atoms with Gasteiger partial charge in [-0.25, -0.2) is 8.42 Å². The molecule has 0 aliphatic heterocycles. The Morgan fingerprint density at radius 3 is 2.62 bits per heavy atom. The molecule has 0 saturated carbocycles. The van der Waals surface area contributed by atoms with E-state index in [0.717, 1.165) is 0 Å². The standard InChI is InChI=1S/C9H6BrN3O2S/c10-8-1-2-9(7(5-8)6-12)13-16(14,15)4-3-11/h1-2,5,13H,4H2. The van der Waals surface area contributed by atoms with Gasteiger partial charge >= 0.3 is 0 Å². The Morgan fingerprint density at radius 1 is 1.38 bits per heavy atom. The summed E-state index contributed by atoms with van der Waals surface area (Å²) in [7, 11) is -3.71. The van der Waals surface area contributed by atoms with Crippen molar-refractivity contribution in [3.63, 3.8) is 0 Å². The van der Waals surface area contributed by atoms with Gasteiger partial charge in [-0.15, -0.1) is 0 Å². The van der Waals surface area contributed by atoms with Gasteiger partial charge in [-0.1, -0.05) is 15.9 Å². The Labute approximate surface area is 101 Å². The summed E-state index contributed by atoms with van der Waals surface area (Å²) in [5.41, 5.74) is 0.358. The highest BCUT2D eigenvalue weighted by Crippen LogP contribution is 2.21. The number of anilines is 1. The monoisotopic (exact) mass is 299 g/mol. The first-order chi connectivity index (χ1) is 7.48. The zero-order valence-electron chi connectivity index (χ0n) is 7.94. The van der Waals surface area contributed by atoms with Crippen LogP contribution in [-0.2, 0) is 10.0 Å². The van der Waals surface area contributed by atoms with Crippen molar-refractivity contribution in [2.45, 2.75) is 0 Å². The van der Waals surface area contributed by atoms with E-state index >= 15 is 0 Å². The number of hydrogen-bond donors (Lipinski definition) is 1. The summed E-state index contributed by atoms with van der Waals surface area (Å²) in [4.78, 5) is 0. The number of rotatable bonds is 3. The van der Waals surface area contributed by atoms with Crippen LogP contribution in [0.4, 0.5) is 5.69 Å². The molecule has 0 atom stereocenters. The van der Waals surface area contributed by atoms with Crippen LogP contribution in [0.25, 0.3) is 0 Å². The van der Waals surface area contributed by atoms with Gasteiger partial charge in [-0.3, -0.25) is 4.72 Å². The third-order valence-electron chi connectivity index (χ3n) is 1.62. The van der Waals surface area contributed by atoms with E-state index in [0.29, 0.717) is 4.47 Å². The first-order valence-corrected chi connectivity index (χ1v) is 6.50. The lowest BCUT2D eigenvalue weighted by atomic mass is 10.2. The second-order valence-electron chi connectivity index (χ2n) is 2.82. The summed E-state index contributed by atoms with van der Waals surface area (Å²) in [5, 5.41) is 17.1. The number of halogens is 1. The molecule has 1 aromatic rings. The molecule has 0 spiro atoms. The van der Waals surface area contributed by atoms with Crippen molar-refractivity contribution in [2.75, 3.05) is 10.5 Å². The molecule has 0 aliphatic carbocycles. The maximum Gasteiger partial charge on any atom is 0.246 e. The average molecular weight is 300 g/mol. The predicted molar refractivity (Wildman–Crippen MR) is 61.9 cm³/mol. The zero-order valence-corrected chi connectivity index (χ0v) is 10.3. The molecular weight excluding hydrogens is 294 g/mol. The minimum atomic E-state index is -3.71. The summed E-state index contributed by atoms with van der Waals surface area (Å²) in [6.07, 6.45) is 0. The van der Waals surface area contributed by atoms with Crippen molar-refractivity contribution in [3.05, 3.63) is 28.2 Å². The fraction of sp³-hybridized carbons (Fsp3) is 0.111. The van der Waals surface area contributed by atoms with Crippen LogP contribution >= 0.6 is 15.9 Å². The van der Waals surface area contributed by atoms with Gasteiger partial charge in [0.2, 0.25) is 10.0 Å². The SMILES string of the molecule is N#CCS(=O)(=O)Nc1ccc(Br)cc1C#N. The highest BCUT2D eigenvalue weighted by atomic mass is 79.9. The Morgan fingerprint density at radius 2 is 2.06 bits per heavy atom. The van der Waals surface area contributed by atoms with Gasteiger partial charge in [0.05, 0.1) is 17.3 Å². The molecule has 0 unspecified atom stereocenters. The van der Waals surface area contributed by atoms with Gasteiger partial charge in [-0.2, -0.15) is 10.5 Å². The lowest BCUT2D eigenvalue weighted by Gasteiger charge is -2.06. The highest BCUT2D eigenvalue weighted by molar-refractivity contribution is 9.10. The molecule has 0 aliphatic rings. The van der Waals surface area contributed by atoms with Crippen molar-refractivity contribution in [1.29, 1.82) is 10.5 Å². The normalized spacial score (nSPS) is 10.2. The van der Waals surface area contributed by atoms with E-state index < -0.39 is 15.8 Å². The van der Waals surface area contributed by atoms with Crippen LogP contribution in [0.5, 0.6) is 0 Å². The Kier molecular flexibility index (Phi) is 3.88. The van der Waals surface area contributed by atoms with Crippen molar-refractivity contribution in [3.8, 4) is 12.1 Å². The van der Waals surface area contributed by atoms with E-state index in [-0.39, 0.29) is 11.3 Å². The maximum absolute atomic E-state index is 11.3. The van der Waals surface area contributed by atoms with E-state index in [4.69, 9.17) is 10.5 Å². The minimum Gasteiger partial charge on any atom is -0.281 e. The maximum atomic E-state index is 11.3. The second-order valence-corrected chi connectivity index (χ2v) is 5.46. The molecule has 0 amide bonds. The van der Waals surface area contributed by atoms with Gasteiger partial charge in [0.25, 0.3) is 0 Å². The molecule has 0 aromatic heterocycles. The van der Waals surface area contributed by atoms with E-state index in [1.54, 1.807) is 6.07 Å². The summed E-state index contributed by atoms with van der Waals surface area (Å²) in [6, 6.07) is 7.94. The van der Waals surface area contributed by atoms with Crippen molar-refractivity contribution in [2.24, 2.45) is 0 Å². The van der Waals surface area contributed by atoms with E-state index in [9.17, 15) is 8.42 Å². The number of hydrogen-bond acceptors (Lipinski definition) is 4. The Bertz CT molecular complexity index is 584. The third kappa shape index (κ3) is 3.23. The van der Waals surface area contributed by atoms with Gasteiger partial charge < -0.3 is 0 Å². The van der Waals surface area contributed by atoms with E-state index in [1.807, 2.05) is 6.07 Å². The van der Waals surface area contributed by atoms with Crippen LogP contribution in [0.15, 0.2) is 22.7 Å². The number of benzene rings is 1. The second kappa shape index (κ2) is 4.97. The van der Waals surface area contributed by atoms with Gasteiger partial charge in [0, 0.05) is 4.47 Å². The first-order valence-electron chi connectivity index (χ1n) is 4.05. The van der Waals surface area contributed by atoms with E-state index in [1.165, 1.54) is 18.2 Å². The number of nitrogens with one attached hydrogen (secondary N) is 1. The van der Waals surface area contributed by atoms with Crippen LogP contribution in [0, 0.1) is 22.7 Å². The molecule has 0 fully saturated rings. The molecule has 0 heterocycles. The van der Waals surface area contributed by atoms with Crippen LogP contribution in [0.1, 0.15) is 5.56 Å². The van der Waals surface area contributed by atoms with Crippen LogP contribution in [0.2, 0.25) is 0 Å². The third-order valence-corrected chi connectivity index (χ3v) is 3.16. The number of nitriles is 2. The summed E-state index contributed by atoms with van der Waals surface area (Å²) in [6.45, 7) is 0. The summed E-state index contributed by atoms with van der Waals surface area (Å²) >= 11 is 3.17. The van der Waals surface area contributed by atoms with Crippen molar-refractivity contribution >= 4 is 31.6 Å². The minimum absolute atomic E-state index is 0.168. The van der Waals surface area contributed by atoms with E-state index in [2.05, 4.69) is 20.7 Å². The molecule has 1 N–H and O–H groups in total. The molecule has 16 heavy (non-hydrogen) atoms. The summed E-state index contributed by atoms with van der Waals surface area (Å²) < 4.78 is 25.4. The first kappa shape index (κ1) is 12.5. The van der Waals surface area contributed by atoms with Crippen LogP contribution < -0.4 is 4.72 Å². The van der Waals surface area contributed by atoms with Gasteiger partial charge in [-0.05, 0) is 18.2 Å². The predicted octanol–water partition coefficient (Wildman–Crippen LogP) is 1.59. The molecule has 0 radical (unpaired) electrons. The quantitative estimate of drug-likeness (QED) is 0.917. The molecule has 0 bridgehead atoms. The largest absolute Gasteiger partial charge is 0.281 e. The molecule has 5 nitrogen and oxygen atoms in total. The number of sulfonamides is 1. The number of nitrogens with zero attached hydrogens (tertiary/aromatic N) is 2. The lowest BCUT2D eigenvalue weighted by Crippen LogP contribution is -2.16. The highest BCUT2D eigenvalue weighted by Gasteiger charge is 2.12. The van der Waals surface area contributed by atoms with Crippen LogP contribution in [0.3, 0.4) is 0 Å². The Hall–Kier alpha value is -1.57. The fourth-order valence-corrected chi connectivity index (χ4v) is 2.10. The topological polar surface area (TPSA) is 93.8 Å². The smallest absolute Gasteiger partial charge is 0.246 e. The molecule has 7 heteroatoms. The van der Waals surface area contributed by atoms with Gasteiger partial charge in [0.15, 0.2) is 5.75 Å². The molecule has 1 rings (SSSR count). The molecule has 0 saturated heterocycles. The fourth-order valence-electron chi connectivity index (χ4n) is 0.987. The molecule has 1 aromatic carbocycles. The molecule has 82 valence electrons. The molecular formula is C9H6BrN3O2S. The Balaban J connectivity index is 3.09. The van der Waals surface area contributed by atoms with Crippen molar-refractivity contribution < 1.29 is 8.42 Å². The zero-order chi connectivity index (χ0) is 12.2. The van der Waals surface area contributed by atoms with Crippen LogP contribution in [-0.4, -0.2) is 14.2 Å². The average Bonchev–Trinajstić information content (AvgIpc) is 2.20. The van der Waals surface area contributed by atoms with Gasteiger partial charge in [0.1, 0.15) is 6.07 Å². The van der Waals surface area contributed by atoms with Crippen molar-refractivity contribution in [1.82, 2.24) is 0 Å².